The first kappa shape index (κ1) is 8.15. The van der Waals surface area contributed by atoms with Gasteiger partial charge >= 0.3 is 0 Å². The van der Waals surface area contributed by atoms with Crippen molar-refractivity contribution in [2.24, 2.45) is 0 Å². The maximum absolute atomic E-state index is 2.17. The molecule has 0 fully saturated rings. The Bertz CT molecular complexity index is 164. The molecular formula is C8H11F. The van der Waals surface area contributed by atoms with Crippen LogP contribution in [0.15, 0.2) is 24.3 Å². The molecule has 0 aliphatic heterocycles. The van der Waals surface area contributed by atoms with E-state index in [-0.39, 0.29) is 4.70 Å². The Kier molecular flexibility index (Phi) is 2.93. The molecule has 0 unspecified atom stereocenters. The first-order valence-electron chi connectivity index (χ1n) is 2.82. The molecule has 9 heavy (non-hydrogen) atoms. The molecule has 0 aromatic heterocycles. The number of halogens is 1. The van der Waals surface area contributed by atoms with E-state index in [1.54, 1.807) is 0 Å². The summed E-state index contributed by atoms with van der Waals surface area (Å²) in [6.45, 7) is 4.21. The molecule has 0 amide bonds. The molecule has 0 radical (unpaired) electrons. The summed E-state index contributed by atoms with van der Waals surface area (Å²) < 4.78 is 0. The normalized spacial score (nSPS) is 8.22. The number of hydrogen-bond donors (Lipinski definition) is 0. The predicted molar refractivity (Wildman–Crippen MR) is 38.4 cm³/mol. The fraction of sp³-hybridized carbons (Fsp3) is 0.250. The minimum Gasteiger partial charge on any atom is -0.269 e. The highest BCUT2D eigenvalue weighted by Gasteiger charge is 1.80. The fourth-order valence-electron chi connectivity index (χ4n) is 0.807. The maximum Gasteiger partial charge on any atom is -0.0398 e. The zero-order valence-corrected chi connectivity index (χ0v) is 5.72. The van der Waals surface area contributed by atoms with Crippen molar-refractivity contribution in [2.45, 2.75) is 13.8 Å². The molecule has 0 N–H and O–H groups in total. The maximum atomic E-state index is 2.17. The van der Waals surface area contributed by atoms with Crippen LogP contribution in [0.4, 0.5) is 4.70 Å². The lowest BCUT2D eigenvalue weighted by atomic mass is 10.2. The average Bonchev–Trinajstić information content (AvgIpc) is 1.64. The lowest BCUT2D eigenvalue weighted by Crippen LogP contribution is -1.71. The standard InChI is InChI=1S/C8H10.FH/c1-7-4-3-5-8(2)6-7;/h3-6H,1-2H3;1H. The molecule has 1 aromatic carbocycles. The van der Waals surface area contributed by atoms with Gasteiger partial charge in [-0.05, 0) is 13.8 Å². The Morgan fingerprint density at radius 1 is 1.00 bits per heavy atom. The van der Waals surface area contributed by atoms with E-state index in [1.165, 1.54) is 11.1 Å². The molecule has 0 aliphatic carbocycles. The molecule has 0 nitrogen and oxygen atoms in total. The van der Waals surface area contributed by atoms with Gasteiger partial charge in [-0.2, -0.15) is 0 Å². The molecule has 1 aromatic rings. The third-order valence-corrected chi connectivity index (χ3v) is 1.17. The van der Waals surface area contributed by atoms with E-state index in [1.807, 2.05) is 0 Å². The summed E-state index contributed by atoms with van der Waals surface area (Å²) in [7, 11) is 0. The molecule has 50 valence electrons. The van der Waals surface area contributed by atoms with Crippen LogP contribution >= 0.6 is 0 Å². The van der Waals surface area contributed by atoms with Crippen LogP contribution in [-0.4, -0.2) is 0 Å². The van der Waals surface area contributed by atoms with Crippen LogP contribution in [0.5, 0.6) is 0 Å². The first-order valence-corrected chi connectivity index (χ1v) is 2.82. The van der Waals surface area contributed by atoms with Gasteiger partial charge in [0.25, 0.3) is 0 Å². The molecule has 0 saturated heterocycles. The van der Waals surface area contributed by atoms with Crippen molar-refractivity contribution in [1.29, 1.82) is 0 Å². The second-order valence-corrected chi connectivity index (χ2v) is 2.16. The Morgan fingerprint density at radius 3 is 1.67 bits per heavy atom. The number of aryl methyl sites for hydroxylation is 2. The van der Waals surface area contributed by atoms with Gasteiger partial charge in [0, 0.05) is 0 Å². The van der Waals surface area contributed by atoms with Crippen LogP contribution in [-0.2, 0) is 0 Å². The summed E-state index contributed by atoms with van der Waals surface area (Å²) in [5.41, 5.74) is 2.68. The largest absolute Gasteiger partial charge is 0.269 e. The van der Waals surface area contributed by atoms with Gasteiger partial charge < -0.3 is 0 Å². The summed E-state index contributed by atoms with van der Waals surface area (Å²) in [5, 5.41) is 0. The highest BCUT2D eigenvalue weighted by atomic mass is 19.0. The van der Waals surface area contributed by atoms with Crippen molar-refractivity contribution in [3.63, 3.8) is 0 Å². The second-order valence-electron chi connectivity index (χ2n) is 2.16. The van der Waals surface area contributed by atoms with E-state index in [0.29, 0.717) is 0 Å². The summed E-state index contributed by atoms with van der Waals surface area (Å²) in [5.74, 6) is 0. The minimum absolute atomic E-state index is 0. The van der Waals surface area contributed by atoms with Crippen LogP contribution in [0.1, 0.15) is 11.1 Å². The molecular weight excluding hydrogens is 115 g/mol. The summed E-state index contributed by atoms with van der Waals surface area (Å²) in [6.07, 6.45) is 0. The minimum atomic E-state index is 0. The van der Waals surface area contributed by atoms with Gasteiger partial charge in [-0.1, -0.05) is 35.4 Å². The zero-order chi connectivity index (χ0) is 5.98. The van der Waals surface area contributed by atoms with Crippen LogP contribution in [0, 0.1) is 13.8 Å². The quantitative estimate of drug-likeness (QED) is 0.501. The highest BCUT2D eigenvalue weighted by molar-refractivity contribution is 5.20. The second kappa shape index (κ2) is 3.23. The smallest absolute Gasteiger partial charge is 0.0398 e. The van der Waals surface area contributed by atoms with Crippen LogP contribution in [0.2, 0.25) is 0 Å². The number of hydrogen-bond acceptors (Lipinski definition) is 0. The van der Waals surface area contributed by atoms with E-state index >= 15 is 0 Å². The van der Waals surface area contributed by atoms with Crippen molar-refractivity contribution in [3.05, 3.63) is 35.4 Å². The van der Waals surface area contributed by atoms with Gasteiger partial charge in [0.2, 0.25) is 0 Å². The Hall–Kier alpha value is -0.850. The number of benzene rings is 1. The van der Waals surface area contributed by atoms with Crippen molar-refractivity contribution in [3.8, 4) is 0 Å². The van der Waals surface area contributed by atoms with Gasteiger partial charge in [-0.15, -0.1) is 0 Å². The van der Waals surface area contributed by atoms with Gasteiger partial charge in [-0.3, -0.25) is 4.70 Å². The van der Waals surface area contributed by atoms with Crippen LogP contribution in [0.25, 0.3) is 0 Å². The zero-order valence-electron chi connectivity index (χ0n) is 5.72. The van der Waals surface area contributed by atoms with E-state index in [9.17, 15) is 0 Å². The topological polar surface area (TPSA) is 0 Å². The fourth-order valence-corrected chi connectivity index (χ4v) is 0.807. The predicted octanol–water partition coefficient (Wildman–Crippen LogP) is 2.46. The van der Waals surface area contributed by atoms with Gasteiger partial charge in [0.05, 0.1) is 0 Å². The Balaban J connectivity index is 0.000000640. The van der Waals surface area contributed by atoms with Crippen molar-refractivity contribution in [1.82, 2.24) is 0 Å². The summed E-state index contributed by atoms with van der Waals surface area (Å²) in [4.78, 5) is 0. The van der Waals surface area contributed by atoms with Crippen LogP contribution in [0.3, 0.4) is 0 Å². The molecule has 0 saturated carbocycles. The lowest BCUT2D eigenvalue weighted by molar-refractivity contribution is 1.11. The van der Waals surface area contributed by atoms with E-state index in [4.69, 9.17) is 0 Å². The summed E-state index contributed by atoms with van der Waals surface area (Å²) >= 11 is 0. The van der Waals surface area contributed by atoms with Gasteiger partial charge in [-0.25, -0.2) is 0 Å². The van der Waals surface area contributed by atoms with Crippen molar-refractivity contribution < 1.29 is 4.70 Å². The van der Waals surface area contributed by atoms with E-state index in [0.717, 1.165) is 0 Å². The van der Waals surface area contributed by atoms with E-state index < -0.39 is 0 Å². The van der Waals surface area contributed by atoms with E-state index in [2.05, 4.69) is 38.1 Å². The molecule has 0 aliphatic rings. The lowest BCUT2D eigenvalue weighted by Gasteiger charge is -1.90. The monoisotopic (exact) mass is 126 g/mol. The Labute approximate surface area is 54.9 Å². The third kappa shape index (κ3) is 2.27. The summed E-state index contributed by atoms with van der Waals surface area (Å²) in [6, 6.07) is 8.45. The molecule has 0 bridgehead atoms. The molecule has 0 heterocycles. The molecule has 1 heteroatoms. The Morgan fingerprint density at radius 2 is 1.44 bits per heavy atom. The van der Waals surface area contributed by atoms with Crippen molar-refractivity contribution >= 4 is 0 Å². The SMILES string of the molecule is Cc1cccc(C)c1.F. The molecule has 0 atom stereocenters. The third-order valence-electron chi connectivity index (χ3n) is 1.17. The van der Waals surface area contributed by atoms with Crippen molar-refractivity contribution in [2.75, 3.05) is 0 Å². The highest BCUT2D eigenvalue weighted by Crippen LogP contribution is 2.00. The van der Waals surface area contributed by atoms with Gasteiger partial charge in [0.1, 0.15) is 0 Å². The molecule has 1 rings (SSSR count). The van der Waals surface area contributed by atoms with Gasteiger partial charge in [0.15, 0.2) is 0 Å². The number of rotatable bonds is 0. The van der Waals surface area contributed by atoms with Crippen LogP contribution < -0.4 is 0 Å². The molecule has 0 spiro atoms. The first-order chi connectivity index (χ1) is 3.79. The average molecular weight is 126 g/mol.